The molecule has 0 aliphatic carbocycles. The van der Waals surface area contributed by atoms with Crippen LogP contribution in [0.15, 0.2) is 60.7 Å². The lowest BCUT2D eigenvalue weighted by Gasteiger charge is -2.32. The first kappa shape index (κ1) is 22.6. The van der Waals surface area contributed by atoms with Crippen LogP contribution in [-0.4, -0.2) is 43.7 Å². The molecule has 0 aromatic heterocycles. The van der Waals surface area contributed by atoms with E-state index in [2.05, 4.69) is 11.9 Å². The Morgan fingerprint density at radius 1 is 1.07 bits per heavy atom. The van der Waals surface area contributed by atoms with Gasteiger partial charge in [-0.2, -0.15) is 0 Å². The molecule has 0 radical (unpaired) electrons. The van der Waals surface area contributed by atoms with Gasteiger partial charge in [0.25, 0.3) is 0 Å². The van der Waals surface area contributed by atoms with Crippen LogP contribution in [0.4, 0.5) is 0 Å². The van der Waals surface area contributed by atoms with Crippen LogP contribution < -0.4 is 0 Å². The second kappa shape index (κ2) is 10.7. The fourth-order valence-corrected chi connectivity index (χ4v) is 3.92. The number of hydrogen-bond acceptors (Lipinski definition) is 4. The van der Waals surface area contributed by atoms with Crippen molar-refractivity contribution in [3.63, 3.8) is 0 Å². The summed E-state index contributed by atoms with van der Waals surface area (Å²) in [5, 5.41) is 0. The number of hydrogen-bond donors (Lipinski definition) is 0. The molecule has 5 heteroatoms. The van der Waals surface area contributed by atoms with Gasteiger partial charge in [0.2, 0.25) is 5.60 Å². The summed E-state index contributed by atoms with van der Waals surface area (Å²) in [6, 6.07) is 19.8. The van der Waals surface area contributed by atoms with E-state index < -0.39 is 5.60 Å². The molecule has 1 aliphatic heterocycles. The summed E-state index contributed by atoms with van der Waals surface area (Å²) in [7, 11) is 2.14. The van der Waals surface area contributed by atoms with Crippen molar-refractivity contribution in [2.24, 2.45) is 0 Å². The number of nitrogens with zero attached hydrogens (tertiary/aromatic N) is 1. The zero-order valence-corrected chi connectivity index (χ0v) is 18.4. The van der Waals surface area contributed by atoms with Crippen LogP contribution in [0.3, 0.4) is 0 Å². The Kier molecular flexibility index (Phi) is 8.67. The molecular formula is C23H30BrNO3. The van der Waals surface area contributed by atoms with Crippen LogP contribution in [0.1, 0.15) is 37.3 Å². The minimum Gasteiger partial charge on any atom is -0.463 e. The van der Waals surface area contributed by atoms with E-state index >= 15 is 0 Å². The Hall–Kier alpha value is -1.69. The first-order valence-electron chi connectivity index (χ1n) is 9.81. The third-order valence-electron chi connectivity index (χ3n) is 5.36. The highest BCUT2D eigenvalue weighted by molar-refractivity contribution is 8.93. The topological polar surface area (TPSA) is 38.8 Å². The molecule has 0 bridgehead atoms. The molecule has 152 valence electrons. The number of likely N-dealkylation sites (tertiary alicyclic amines) is 1. The predicted octanol–water partition coefficient (Wildman–Crippen LogP) is 4.57. The van der Waals surface area contributed by atoms with Gasteiger partial charge < -0.3 is 14.4 Å². The maximum Gasteiger partial charge on any atom is 0.347 e. The second-order valence-electron chi connectivity index (χ2n) is 7.05. The van der Waals surface area contributed by atoms with Gasteiger partial charge in [0.05, 0.1) is 6.61 Å². The van der Waals surface area contributed by atoms with E-state index in [1.165, 1.54) is 12.8 Å². The van der Waals surface area contributed by atoms with Gasteiger partial charge in [-0.25, -0.2) is 4.79 Å². The highest BCUT2D eigenvalue weighted by Gasteiger charge is 2.44. The lowest BCUT2D eigenvalue weighted by molar-refractivity contribution is -0.168. The molecular weight excluding hydrogens is 418 g/mol. The van der Waals surface area contributed by atoms with Gasteiger partial charge in [-0.05, 0) is 50.9 Å². The summed E-state index contributed by atoms with van der Waals surface area (Å²) in [5.74, 6) is -0.345. The smallest absolute Gasteiger partial charge is 0.347 e. The summed E-state index contributed by atoms with van der Waals surface area (Å²) in [6.07, 6.45) is 3.24. The van der Waals surface area contributed by atoms with Gasteiger partial charge in [-0.1, -0.05) is 60.7 Å². The number of halogens is 1. The van der Waals surface area contributed by atoms with Crippen molar-refractivity contribution < 1.29 is 14.3 Å². The van der Waals surface area contributed by atoms with E-state index in [1.807, 2.05) is 67.6 Å². The van der Waals surface area contributed by atoms with Gasteiger partial charge >= 0.3 is 5.97 Å². The van der Waals surface area contributed by atoms with Crippen molar-refractivity contribution in [2.75, 3.05) is 26.8 Å². The third-order valence-corrected chi connectivity index (χ3v) is 5.36. The molecule has 1 unspecified atom stereocenters. The summed E-state index contributed by atoms with van der Waals surface area (Å²) >= 11 is 0. The van der Waals surface area contributed by atoms with Gasteiger partial charge in [0, 0.05) is 12.6 Å². The highest BCUT2D eigenvalue weighted by Crippen LogP contribution is 2.35. The number of carbonyl (C=O) groups excluding carboxylic acids is 1. The summed E-state index contributed by atoms with van der Waals surface area (Å²) in [4.78, 5) is 15.7. The first-order valence-corrected chi connectivity index (χ1v) is 9.81. The van der Waals surface area contributed by atoms with Crippen molar-refractivity contribution in [1.29, 1.82) is 0 Å². The van der Waals surface area contributed by atoms with E-state index in [1.54, 1.807) is 0 Å². The average Bonchev–Trinajstić information content (AvgIpc) is 3.12. The molecule has 0 spiro atoms. The SMILES string of the molecule is Br.CCOC(C(=O)OCCC1CCCN1C)(c1ccccc1)c1ccccc1. The molecule has 1 fully saturated rings. The molecule has 1 saturated heterocycles. The second-order valence-corrected chi connectivity index (χ2v) is 7.05. The summed E-state index contributed by atoms with van der Waals surface area (Å²) in [5.41, 5.74) is 0.348. The predicted molar refractivity (Wildman–Crippen MR) is 117 cm³/mol. The normalized spacial score (nSPS) is 17.1. The van der Waals surface area contributed by atoms with Crippen molar-refractivity contribution >= 4 is 23.0 Å². The van der Waals surface area contributed by atoms with Crippen molar-refractivity contribution in [2.45, 2.75) is 37.8 Å². The number of carbonyl (C=O) groups is 1. The monoisotopic (exact) mass is 447 g/mol. The first-order chi connectivity index (χ1) is 13.2. The van der Waals surface area contributed by atoms with Crippen LogP contribution in [0.5, 0.6) is 0 Å². The Labute approximate surface area is 178 Å². The van der Waals surface area contributed by atoms with Crippen LogP contribution in [-0.2, 0) is 19.9 Å². The fraction of sp³-hybridized carbons (Fsp3) is 0.435. The van der Waals surface area contributed by atoms with E-state index in [4.69, 9.17) is 9.47 Å². The van der Waals surface area contributed by atoms with Crippen LogP contribution in [0.25, 0.3) is 0 Å². The van der Waals surface area contributed by atoms with Gasteiger partial charge in [0.15, 0.2) is 0 Å². The van der Waals surface area contributed by atoms with E-state index in [0.717, 1.165) is 24.1 Å². The molecule has 2 aromatic carbocycles. The lowest BCUT2D eigenvalue weighted by Crippen LogP contribution is -2.42. The highest BCUT2D eigenvalue weighted by atomic mass is 79.9. The summed E-state index contributed by atoms with van der Waals surface area (Å²) < 4.78 is 11.9. The van der Waals surface area contributed by atoms with E-state index in [0.29, 0.717) is 19.3 Å². The van der Waals surface area contributed by atoms with Crippen LogP contribution in [0.2, 0.25) is 0 Å². The zero-order chi connectivity index (χ0) is 19.1. The number of esters is 1. The molecule has 4 nitrogen and oxygen atoms in total. The van der Waals surface area contributed by atoms with E-state index in [-0.39, 0.29) is 23.0 Å². The van der Waals surface area contributed by atoms with Crippen molar-refractivity contribution in [1.82, 2.24) is 4.90 Å². The standard InChI is InChI=1S/C23H29NO3.BrH/c1-3-27-23(19-11-6-4-7-12-19,20-13-8-5-9-14-20)22(25)26-18-16-21-15-10-17-24(21)2;/h4-9,11-14,21H,3,10,15-18H2,1-2H3;1H. The molecule has 0 saturated carbocycles. The molecule has 0 N–H and O–H groups in total. The molecule has 1 aliphatic rings. The molecule has 0 amide bonds. The maximum atomic E-state index is 13.4. The zero-order valence-electron chi connectivity index (χ0n) is 16.7. The Bertz CT molecular complexity index is 684. The van der Waals surface area contributed by atoms with E-state index in [9.17, 15) is 4.79 Å². The minimum absolute atomic E-state index is 0. The van der Waals surface area contributed by atoms with Gasteiger partial charge in [-0.3, -0.25) is 0 Å². The average molecular weight is 448 g/mol. The summed E-state index contributed by atoms with van der Waals surface area (Å²) in [6.45, 7) is 3.84. The van der Waals surface area contributed by atoms with Gasteiger partial charge in [0.1, 0.15) is 0 Å². The van der Waals surface area contributed by atoms with Crippen LogP contribution in [0, 0.1) is 0 Å². The van der Waals surface area contributed by atoms with Crippen LogP contribution >= 0.6 is 17.0 Å². The Balaban J connectivity index is 0.00000280. The lowest BCUT2D eigenvalue weighted by atomic mass is 9.86. The largest absolute Gasteiger partial charge is 0.463 e. The van der Waals surface area contributed by atoms with Gasteiger partial charge in [-0.15, -0.1) is 17.0 Å². The number of rotatable bonds is 8. The number of ether oxygens (including phenoxy) is 2. The maximum absolute atomic E-state index is 13.4. The third kappa shape index (κ3) is 4.83. The molecule has 3 rings (SSSR count). The Morgan fingerprint density at radius 2 is 1.64 bits per heavy atom. The van der Waals surface area contributed by atoms with Crippen molar-refractivity contribution in [3.05, 3.63) is 71.8 Å². The number of benzene rings is 2. The van der Waals surface area contributed by atoms with Crippen molar-refractivity contribution in [3.8, 4) is 0 Å². The molecule has 2 aromatic rings. The molecule has 1 atom stereocenters. The Morgan fingerprint density at radius 3 is 2.11 bits per heavy atom. The minimum atomic E-state index is -1.24. The fourth-order valence-electron chi connectivity index (χ4n) is 3.92. The molecule has 1 heterocycles. The quantitative estimate of drug-likeness (QED) is 0.555. The molecule has 28 heavy (non-hydrogen) atoms.